The van der Waals surface area contributed by atoms with Crippen molar-refractivity contribution in [3.8, 4) is 0 Å². The van der Waals surface area contributed by atoms with Crippen LogP contribution in [0.1, 0.15) is 139 Å². The molecule has 1 unspecified atom stereocenters. The molecule has 11 rings (SSSR count). The molecule has 0 saturated carbocycles. The normalized spacial score (nSPS) is 21.4. The first-order valence-corrected chi connectivity index (χ1v) is 22.4. The number of benzene rings is 5. The van der Waals surface area contributed by atoms with Gasteiger partial charge in [-0.25, -0.2) is 0 Å². The minimum atomic E-state index is -0.0918. The number of fused-ring (bicyclic) bond motifs is 11. The lowest BCUT2D eigenvalue weighted by Gasteiger charge is -2.57. The molecular formula is C53H57BN2S. The van der Waals surface area contributed by atoms with Crippen LogP contribution >= 0.6 is 11.3 Å². The first kappa shape index (κ1) is 35.9. The van der Waals surface area contributed by atoms with Gasteiger partial charge in [0.1, 0.15) is 0 Å². The Bertz CT molecular complexity index is 2760. The van der Waals surface area contributed by atoms with Crippen molar-refractivity contribution in [2.45, 2.75) is 136 Å². The van der Waals surface area contributed by atoms with Crippen LogP contribution in [-0.2, 0) is 27.1 Å². The van der Waals surface area contributed by atoms with Crippen molar-refractivity contribution < 1.29 is 0 Å². The summed E-state index contributed by atoms with van der Waals surface area (Å²) >= 11 is 2.02. The molecule has 3 aliphatic heterocycles. The van der Waals surface area contributed by atoms with Crippen LogP contribution in [0.3, 0.4) is 0 Å². The van der Waals surface area contributed by atoms with E-state index in [1.165, 1.54) is 102 Å². The van der Waals surface area contributed by atoms with E-state index >= 15 is 0 Å². The third kappa shape index (κ3) is 4.55. The zero-order valence-corrected chi connectivity index (χ0v) is 37.0. The predicted octanol–water partition coefficient (Wildman–Crippen LogP) is 12.9. The van der Waals surface area contributed by atoms with Gasteiger partial charge in [-0.15, -0.1) is 11.3 Å². The molecule has 0 fully saturated rings. The number of aryl methyl sites for hydroxylation is 2. The molecule has 0 N–H and O–H groups in total. The van der Waals surface area contributed by atoms with Gasteiger partial charge in [-0.3, -0.25) is 0 Å². The highest BCUT2D eigenvalue weighted by atomic mass is 32.1. The summed E-state index contributed by atoms with van der Waals surface area (Å²) in [5, 5.41) is 1.35. The third-order valence-corrected chi connectivity index (χ3v) is 16.7. The zero-order chi connectivity index (χ0) is 39.9. The van der Waals surface area contributed by atoms with Crippen LogP contribution in [0.25, 0.3) is 10.1 Å². The second-order valence-corrected chi connectivity index (χ2v) is 22.8. The van der Waals surface area contributed by atoms with E-state index in [2.05, 4.69) is 172 Å². The molecule has 1 aromatic heterocycles. The van der Waals surface area contributed by atoms with Gasteiger partial charge in [-0.05, 0) is 147 Å². The second kappa shape index (κ2) is 11.1. The van der Waals surface area contributed by atoms with Crippen LogP contribution in [0.4, 0.5) is 34.1 Å². The molecule has 0 radical (unpaired) electrons. The fourth-order valence-electron chi connectivity index (χ4n) is 12.2. The summed E-state index contributed by atoms with van der Waals surface area (Å²) in [5.41, 5.74) is 23.6. The standard InChI is InChI=1S/C53H57BN2S/c1-30-27-38-44-39(28-30)56-45-31(2)29-36-41(52(10,11)24-23-51(36,8)9)43(45)53(12)26-25-50(6,7)35-21-22-37(47(56)42(35)53)54(44)48-46(34-15-13-14-16-40(34)57-48)55(38)33-19-17-32(18-20-33)49(3,4)5/h13-22,27-29H,23-26H2,1-12H3. The van der Waals surface area contributed by atoms with Gasteiger partial charge in [0.2, 0.25) is 0 Å². The van der Waals surface area contributed by atoms with Crippen LogP contribution in [0.15, 0.2) is 78.9 Å². The largest absolute Gasteiger partial charge is 0.311 e. The number of thiophene rings is 1. The Labute approximate surface area is 345 Å². The zero-order valence-electron chi connectivity index (χ0n) is 36.2. The molecular weight excluding hydrogens is 707 g/mol. The Hall–Kier alpha value is -4.28. The predicted molar refractivity (Wildman–Crippen MR) is 248 cm³/mol. The highest BCUT2D eigenvalue weighted by Gasteiger charge is 2.56. The lowest BCUT2D eigenvalue weighted by Crippen LogP contribution is -2.62. The van der Waals surface area contributed by atoms with Crippen molar-refractivity contribution in [3.63, 3.8) is 0 Å². The molecule has 2 aliphatic carbocycles. The van der Waals surface area contributed by atoms with Crippen molar-refractivity contribution in [2.24, 2.45) is 0 Å². The monoisotopic (exact) mass is 764 g/mol. The first-order chi connectivity index (χ1) is 26.8. The Balaban J connectivity index is 1.30. The van der Waals surface area contributed by atoms with Gasteiger partial charge in [0.25, 0.3) is 6.71 Å². The summed E-state index contributed by atoms with van der Waals surface area (Å²) < 4.78 is 2.83. The highest BCUT2D eigenvalue weighted by Crippen LogP contribution is 2.65. The number of anilines is 6. The number of hydrogen-bond donors (Lipinski definition) is 0. The summed E-state index contributed by atoms with van der Waals surface area (Å²) in [4.78, 5) is 5.46. The Morgan fingerprint density at radius 2 is 1.26 bits per heavy atom. The molecule has 6 aromatic rings. The third-order valence-electron chi connectivity index (χ3n) is 15.4. The maximum absolute atomic E-state index is 2.82. The molecule has 0 bridgehead atoms. The van der Waals surface area contributed by atoms with Crippen LogP contribution < -0.4 is 25.5 Å². The van der Waals surface area contributed by atoms with Gasteiger partial charge >= 0.3 is 0 Å². The Morgan fingerprint density at radius 3 is 1.98 bits per heavy atom. The molecule has 4 heteroatoms. The summed E-state index contributed by atoms with van der Waals surface area (Å²) in [6.45, 7) is 29.6. The lowest BCUT2D eigenvalue weighted by atomic mass is 9.35. The van der Waals surface area contributed by atoms with Crippen LogP contribution in [0, 0.1) is 13.8 Å². The summed E-state index contributed by atoms with van der Waals surface area (Å²) in [5.74, 6) is 0. The van der Waals surface area contributed by atoms with Crippen LogP contribution in [0.2, 0.25) is 0 Å². The molecule has 0 spiro atoms. The average molecular weight is 765 g/mol. The van der Waals surface area contributed by atoms with E-state index < -0.39 is 0 Å². The van der Waals surface area contributed by atoms with Gasteiger partial charge in [0.05, 0.1) is 11.4 Å². The second-order valence-electron chi connectivity index (χ2n) is 21.7. The molecule has 5 aliphatic rings. The minimum Gasteiger partial charge on any atom is -0.311 e. The van der Waals surface area contributed by atoms with E-state index in [9.17, 15) is 0 Å². The van der Waals surface area contributed by atoms with Crippen LogP contribution in [-0.4, -0.2) is 6.71 Å². The van der Waals surface area contributed by atoms with Gasteiger partial charge in [0.15, 0.2) is 0 Å². The van der Waals surface area contributed by atoms with Crippen LogP contribution in [0.5, 0.6) is 0 Å². The van der Waals surface area contributed by atoms with E-state index in [1.807, 2.05) is 11.3 Å². The SMILES string of the molecule is Cc1cc2c3c(c1)N(c1ccc(C(C)(C)C)cc1)c1c(sc4ccccc14)B3c1ccc3c4c1N2c1c(C)cc2c(c1C4(C)CCC3(C)C)C(C)(C)CCC2(C)C. The fraction of sp³-hybridized carbons (Fsp3) is 0.396. The van der Waals surface area contributed by atoms with Gasteiger partial charge in [-0.2, -0.15) is 0 Å². The smallest absolute Gasteiger partial charge is 0.264 e. The van der Waals surface area contributed by atoms with Crippen molar-refractivity contribution >= 4 is 78.0 Å². The topological polar surface area (TPSA) is 6.48 Å². The maximum Gasteiger partial charge on any atom is 0.264 e. The molecule has 288 valence electrons. The first-order valence-electron chi connectivity index (χ1n) is 21.6. The highest BCUT2D eigenvalue weighted by molar-refractivity contribution is 7.33. The van der Waals surface area contributed by atoms with Crippen molar-refractivity contribution in [3.05, 3.63) is 123 Å². The molecule has 4 heterocycles. The van der Waals surface area contributed by atoms with Gasteiger partial charge < -0.3 is 9.80 Å². The van der Waals surface area contributed by atoms with E-state index in [1.54, 1.807) is 27.8 Å². The lowest BCUT2D eigenvalue weighted by molar-refractivity contribution is 0.311. The number of hydrogen-bond acceptors (Lipinski definition) is 3. The number of nitrogens with zero attached hydrogens (tertiary/aromatic N) is 2. The minimum absolute atomic E-state index is 0.0836. The molecule has 0 saturated heterocycles. The molecule has 5 aromatic carbocycles. The fourth-order valence-corrected chi connectivity index (χ4v) is 13.5. The van der Waals surface area contributed by atoms with E-state index in [-0.39, 0.29) is 33.8 Å². The maximum atomic E-state index is 2.82. The molecule has 1 atom stereocenters. The Kier molecular flexibility index (Phi) is 6.95. The molecule has 2 nitrogen and oxygen atoms in total. The number of rotatable bonds is 1. The van der Waals surface area contributed by atoms with E-state index in [0.717, 1.165) is 0 Å². The molecule has 57 heavy (non-hydrogen) atoms. The summed E-state index contributed by atoms with van der Waals surface area (Å²) in [7, 11) is 0. The molecule has 0 amide bonds. The average Bonchev–Trinajstić information content (AvgIpc) is 3.53. The van der Waals surface area contributed by atoms with Gasteiger partial charge in [0, 0.05) is 43.0 Å². The quantitative estimate of drug-likeness (QED) is 0.154. The summed E-state index contributed by atoms with van der Waals surface area (Å²) in [6, 6.07) is 31.4. The van der Waals surface area contributed by atoms with Gasteiger partial charge in [-0.1, -0.05) is 118 Å². The Morgan fingerprint density at radius 1 is 0.614 bits per heavy atom. The van der Waals surface area contributed by atoms with Crippen molar-refractivity contribution in [1.82, 2.24) is 0 Å². The van der Waals surface area contributed by atoms with E-state index in [4.69, 9.17) is 0 Å². The van der Waals surface area contributed by atoms with E-state index in [0.29, 0.717) is 0 Å². The summed E-state index contributed by atoms with van der Waals surface area (Å²) in [6.07, 6.45) is 4.79. The van der Waals surface area contributed by atoms with Crippen molar-refractivity contribution in [1.29, 1.82) is 0 Å². The van der Waals surface area contributed by atoms with Crippen molar-refractivity contribution in [2.75, 3.05) is 9.80 Å².